The molecule has 0 radical (unpaired) electrons. The lowest BCUT2D eigenvalue weighted by molar-refractivity contribution is 0.128. The van der Waals surface area contributed by atoms with Gasteiger partial charge in [0.15, 0.2) is 23.3 Å². The van der Waals surface area contributed by atoms with E-state index in [2.05, 4.69) is 6.58 Å². The van der Waals surface area contributed by atoms with Crippen LogP contribution in [0.2, 0.25) is 0 Å². The largest absolute Gasteiger partial charge is 0.347 e. The summed E-state index contributed by atoms with van der Waals surface area (Å²) >= 11 is 5.46. The van der Waals surface area contributed by atoms with Crippen molar-refractivity contribution >= 4 is 37.0 Å². The van der Waals surface area contributed by atoms with Crippen LogP contribution in [0.25, 0.3) is 0 Å². The van der Waals surface area contributed by atoms with Gasteiger partial charge in [-0.3, -0.25) is 0 Å². The fraction of sp³-hybridized carbons (Fsp3) is 0.438. The number of allylic oxidation sites excluding steroid dienone is 1. The molecule has 0 spiro atoms. The molecule has 1 fully saturated rings. The van der Waals surface area contributed by atoms with Crippen LogP contribution in [0.3, 0.4) is 0 Å². The average Bonchev–Trinajstić information content (AvgIpc) is 2.60. The van der Waals surface area contributed by atoms with E-state index in [4.69, 9.17) is 16.7 Å². The van der Waals surface area contributed by atoms with Crippen LogP contribution in [0, 0.1) is 40.9 Å². The van der Waals surface area contributed by atoms with Gasteiger partial charge >= 0.3 is 0 Å². The zero-order valence-electron chi connectivity index (χ0n) is 13.3. The molecule has 0 bridgehead atoms. The Hall–Kier alpha value is -0.560. The SMILES string of the molecule is C=C(C)[C@@H]1CC[C@@H](C=S)[C@@H](OPSc2c(F)c(F)c(F)c(F)c2F)C1. The molecule has 4 atom stereocenters. The standard InChI is InChI=1S/C16H16F5OPS2/c1-7(2)8-3-4-9(6-24)10(5-8)22-23-25-16-14(20)12(18)11(17)13(19)15(16)21/h6,8-10,23H,1,3-5H2,2H3/t8-,9+,10+/m1/s1. The lowest BCUT2D eigenvalue weighted by atomic mass is 9.78. The molecule has 9 heteroatoms. The van der Waals surface area contributed by atoms with Gasteiger partial charge in [0.1, 0.15) is 0 Å². The third kappa shape index (κ3) is 4.59. The summed E-state index contributed by atoms with van der Waals surface area (Å²) in [6, 6.07) is 0. The van der Waals surface area contributed by atoms with E-state index in [-0.39, 0.29) is 17.9 Å². The van der Waals surface area contributed by atoms with Gasteiger partial charge in [-0.1, -0.05) is 35.8 Å². The topological polar surface area (TPSA) is 9.23 Å². The molecule has 138 valence electrons. The van der Waals surface area contributed by atoms with E-state index in [1.54, 1.807) is 5.37 Å². The van der Waals surface area contributed by atoms with Gasteiger partial charge in [-0.2, -0.15) is 0 Å². The summed E-state index contributed by atoms with van der Waals surface area (Å²) in [5.74, 6) is -9.48. The highest BCUT2D eigenvalue weighted by molar-refractivity contribution is 8.48. The monoisotopic (exact) mass is 414 g/mol. The van der Waals surface area contributed by atoms with Crippen LogP contribution in [0.5, 0.6) is 0 Å². The number of hydrogen-bond donors (Lipinski definition) is 0. The predicted molar refractivity (Wildman–Crippen MR) is 94.6 cm³/mol. The maximum Gasteiger partial charge on any atom is 0.200 e. The third-order valence-electron chi connectivity index (χ3n) is 4.23. The minimum absolute atomic E-state index is 0.00934. The number of hydrogen-bond acceptors (Lipinski definition) is 3. The smallest absolute Gasteiger partial charge is 0.200 e. The molecule has 1 aromatic carbocycles. The highest BCUT2D eigenvalue weighted by Crippen LogP contribution is 2.46. The minimum Gasteiger partial charge on any atom is -0.347 e. The van der Waals surface area contributed by atoms with Crippen LogP contribution < -0.4 is 0 Å². The molecule has 0 aliphatic heterocycles. The van der Waals surface area contributed by atoms with Gasteiger partial charge in [0.05, 0.1) is 19.0 Å². The Kier molecular flexibility index (Phi) is 7.38. The first-order valence-corrected chi connectivity index (χ1v) is 10.4. The Morgan fingerprint density at radius 2 is 1.68 bits per heavy atom. The van der Waals surface area contributed by atoms with Gasteiger partial charge in [-0.05, 0) is 37.5 Å². The van der Waals surface area contributed by atoms with Gasteiger partial charge in [0.2, 0.25) is 5.82 Å². The Morgan fingerprint density at radius 3 is 2.20 bits per heavy atom. The van der Waals surface area contributed by atoms with E-state index in [1.807, 2.05) is 6.92 Å². The van der Waals surface area contributed by atoms with Crippen LogP contribution in [-0.4, -0.2) is 11.5 Å². The maximum absolute atomic E-state index is 13.7. The van der Waals surface area contributed by atoms with E-state index in [9.17, 15) is 22.0 Å². The molecule has 1 unspecified atom stereocenters. The molecule has 0 heterocycles. The molecule has 1 saturated carbocycles. The first-order chi connectivity index (χ1) is 11.8. The zero-order chi connectivity index (χ0) is 18.7. The van der Waals surface area contributed by atoms with Crippen LogP contribution in [0.15, 0.2) is 17.0 Å². The summed E-state index contributed by atoms with van der Waals surface area (Å²) < 4.78 is 72.4. The number of halogens is 5. The minimum atomic E-state index is -2.17. The average molecular weight is 414 g/mol. The molecular weight excluding hydrogens is 398 g/mol. The first kappa shape index (κ1) is 20.7. The maximum atomic E-state index is 13.7. The van der Waals surface area contributed by atoms with Crippen LogP contribution in [0.4, 0.5) is 22.0 Å². The second-order valence-electron chi connectivity index (χ2n) is 5.90. The highest BCUT2D eigenvalue weighted by atomic mass is 32.7. The lowest BCUT2D eigenvalue weighted by Gasteiger charge is -2.34. The summed E-state index contributed by atoms with van der Waals surface area (Å²) in [6.07, 6.45) is 2.14. The number of benzene rings is 1. The van der Waals surface area contributed by atoms with Crippen molar-refractivity contribution in [3.8, 4) is 0 Å². The van der Waals surface area contributed by atoms with Crippen LogP contribution in [0.1, 0.15) is 26.2 Å². The molecule has 1 aliphatic rings. The molecule has 1 nitrogen and oxygen atoms in total. The molecule has 0 N–H and O–H groups in total. The summed E-state index contributed by atoms with van der Waals surface area (Å²) in [5, 5.41) is 1.60. The molecule has 0 aromatic heterocycles. The van der Waals surface area contributed by atoms with Crippen molar-refractivity contribution in [2.45, 2.75) is 37.2 Å². The summed E-state index contributed by atoms with van der Waals surface area (Å²) in [7, 11) is -0.520. The van der Waals surface area contributed by atoms with E-state index in [0.717, 1.165) is 18.4 Å². The molecule has 1 aliphatic carbocycles. The molecule has 0 amide bonds. The van der Waals surface area contributed by atoms with E-state index in [1.165, 1.54) is 0 Å². The quantitative estimate of drug-likeness (QED) is 0.134. The predicted octanol–water partition coefficient (Wildman–Crippen LogP) is 6.36. The van der Waals surface area contributed by atoms with Gasteiger partial charge in [0, 0.05) is 5.92 Å². The lowest BCUT2D eigenvalue weighted by Crippen LogP contribution is -2.31. The Balaban J connectivity index is 2.07. The Labute approximate surface area is 154 Å². The fourth-order valence-electron chi connectivity index (χ4n) is 2.69. The molecular formula is C16H16F5OPS2. The molecule has 1 aromatic rings. The number of rotatable bonds is 6. The zero-order valence-corrected chi connectivity index (χ0v) is 15.9. The van der Waals surface area contributed by atoms with Crippen molar-refractivity contribution in [1.82, 2.24) is 0 Å². The third-order valence-corrected chi connectivity index (χ3v) is 6.77. The van der Waals surface area contributed by atoms with Crippen LogP contribution >= 0.6 is 31.6 Å². The van der Waals surface area contributed by atoms with Gasteiger partial charge in [-0.25, -0.2) is 22.0 Å². The Bertz CT molecular complexity index is 656. The van der Waals surface area contributed by atoms with E-state index < -0.39 is 42.0 Å². The number of thiocarbonyl (C=S) groups is 1. The first-order valence-electron chi connectivity index (χ1n) is 7.47. The second kappa shape index (κ2) is 8.89. The van der Waals surface area contributed by atoms with Crippen molar-refractivity contribution in [3.05, 3.63) is 41.2 Å². The van der Waals surface area contributed by atoms with E-state index in [0.29, 0.717) is 17.8 Å². The molecule has 25 heavy (non-hydrogen) atoms. The summed E-state index contributed by atoms with van der Waals surface area (Å²) in [5.41, 5.74) is 1.02. The van der Waals surface area contributed by atoms with E-state index >= 15 is 0 Å². The molecule has 2 rings (SSSR count). The van der Waals surface area contributed by atoms with Gasteiger partial charge in [-0.15, -0.1) is 0 Å². The normalized spacial score (nSPS) is 24.0. The van der Waals surface area contributed by atoms with Crippen LogP contribution in [-0.2, 0) is 4.52 Å². The Morgan fingerprint density at radius 1 is 1.12 bits per heavy atom. The molecule has 0 saturated heterocycles. The van der Waals surface area contributed by atoms with Crippen molar-refractivity contribution < 1.29 is 26.5 Å². The van der Waals surface area contributed by atoms with Crippen molar-refractivity contribution in [2.75, 3.05) is 0 Å². The van der Waals surface area contributed by atoms with Crippen molar-refractivity contribution in [3.63, 3.8) is 0 Å². The second-order valence-corrected chi connectivity index (χ2v) is 8.30. The van der Waals surface area contributed by atoms with Crippen molar-refractivity contribution in [1.29, 1.82) is 0 Å². The fourth-order valence-corrected chi connectivity index (χ4v) is 5.19. The highest BCUT2D eigenvalue weighted by Gasteiger charge is 2.31. The summed E-state index contributed by atoms with van der Waals surface area (Å²) in [6.45, 7) is 5.85. The summed E-state index contributed by atoms with van der Waals surface area (Å²) in [4.78, 5) is -0.930. The van der Waals surface area contributed by atoms with Crippen molar-refractivity contribution in [2.24, 2.45) is 11.8 Å². The van der Waals surface area contributed by atoms with Gasteiger partial charge < -0.3 is 4.52 Å². The van der Waals surface area contributed by atoms with Gasteiger partial charge in [0.25, 0.3) is 0 Å².